The molecule has 1 saturated heterocycles. The van der Waals surface area contributed by atoms with Gasteiger partial charge in [0.15, 0.2) is 6.29 Å². The first-order valence-electron chi connectivity index (χ1n) is 16.3. The Balaban J connectivity index is 1.30. The van der Waals surface area contributed by atoms with E-state index < -0.39 is 36.8 Å². The van der Waals surface area contributed by atoms with Gasteiger partial charge in [-0.1, -0.05) is 58.4 Å². The molecular weight excluding hydrogens is 520 g/mol. The van der Waals surface area contributed by atoms with Crippen LogP contribution in [0.3, 0.4) is 0 Å². The predicted molar refractivity (Wildman–Crippen MR) is 158 cm³/mol. The Labute approximate surface area is 247 Å². The molecule has 0 bridgehead atoms. The Morgan fingerprint density at radius 2 is 1.73 bits per heavy atom. The molecule has 0 aromatic heterocycles. The van der Waals surface area contributed by atoms with Gasteiger partial charge in [0.1, 0.15) is 18.3 Å². The molecule has 1 heterocycles. The van der Waals surface area contributed by atoms with Crippen LogP contribution in [0.15, 0.2) is 23.8 Å². The van der Waals surface area contributed by atoms with E-state index in [2.05, 4.69) is 47.3 Å². The van der Waals surface area contributed by atoms with E-state index in [4.69, 9.17) is 9.47 Å². The third-order valence-electron chi connectivity index (χ3n) is 12.7. The van der Waals surface area contributed by atoms with Gasteiger partial charge in [0.05, 0.1) is 24.4 Å². The minimum Gasteiger partial charge on any atom is -0.393 e. The van der Waals surface area contributed by atoms with Crippen LogP contribution in [0.25, 0.3) is 0 Å². The maximum absolute atomic E-state index is 11.7. The molecule has 3 saturated carbocycles. The number of aliphatic hydroxyl groups excluding tert-OH is 5. The van der Waals surface area contributed by atoms with Crippen LogP contribution in [0.5, 0.6) is 0 Å². The lowest BCUT2D eigenvalue weighted by molar-refractivity contribution is -0.306. The number of aliphatic hydroxyl groups is 5. The van der Waals surface area contributed by atoms with Crippen LogP contribution < -0.4 is 0 Å². The van der Waals surface area contributed by atoms with Crippen LogP contribution in [0.4, 0.5) is 0 Å². The first-order chi connectivity index (χ1) is 19.2. The van der Waals surface area contributed by atoms with Crippen molar-refractivity contribution in [1.82, 2.24) is 0 Å². The van der Waals surface area contributed by atoms with Crippen molar-refractivity contribution in [1.29, 1.82) is 0 Å². The Bertz CT molecular complexity index is 996. The van der Waals surface area contributed by atoms with Crippen LogP contribution in [0, 0.1) is 46.3 Å². The zero-order chi connectivity index (χ0) is 30.0. The largest absolute Gasteiger partial charge is 0.393 e. The maximum Gasteiger partial charge on any atom is 0.186 e. The third kappa shape index (κ3) is 5.40. The molecule has 41 heavy (non-hydrogen) atoms. The lowest BCUT2D eigenvalue weighted by Gasteiger charge is -2.59. The normalized spacial score (nSPS) is 50.5. The highest BCUT2D eigenvalue weighted by Gasteiger charge is 2.63. The highest BCUT2D eigenvalue weighted by atomic mass is 16.7. The summed E-state index contributed by atoms with van der Waals surface area (Å²) in [5.41, 5.74) is 2.49. The summed E-state index contributed by atoms with van der Waals surface area (Å²) in [6, 6.07) is 0. The highest BCUT2D eigenvalue weighted by Crippen LogP contribution is 2.67. The van der Waals surface area contributed by atoms with Gasteiger partial charge < -0.3 is 35.0 Å². The van der Waals surface area contributed by atoms with Gasteiger partial charge in [-0.2, -0.15) is 0 Å². The first kappa shape index (κ1) is 31.6. The zero-order valence-corrected chi connectivity index (χ0v) is 26.1. The Kier molecular flexibility index (Phi) is 8.95. The van der Waals surface area contributed by atoms with Crippen molar-refractivity contribution in [3.8, 4) is 0 Å². The monoisotopic (exact) mass is 576 g/mol. The summed E-state index contributed by atoms with van der Waals surface area (Å²) < 4.78 is 11.9. The second-order valence-electron chi connectivity index (χ2n) is 15.3. The molecule has 0 aromatic carbocycles. The summed E-state index contributed by atoms with van der Waals surface area (Å²) in [7, 11) is 0. The summed E-state index contributed by atoms with van der Waals surface area (Å²) >= 11 is 0. The van der Waals surface area contributed by atoms with E-state index in [9.17, 15) is 25.5 Å². The average Bonchev–Trinajstić information content (AvgIpc) is 3.19. The van der Waals surface area contributed by atoms with Gasteiger partial charge in [0.2, 0.25) is 0 Å². The number of ether oxygens (including phenoxy) is 2. The van der Waals surface area contributed by atoms with Crippen molar-refractivity contribution >= 4 is 0 Å². The van der Waals surface area contributed by atoms with E-state index >= 15 is 0 Å². The smallest absolute Gasteiger partial charge is 0.186 e. The lowest BCUT2D eigenvalue weighted by Crippen LogP contribution is -2.58. The topological polar surface area (TPSA) is 120 Å². The van der Waals surface area contributed by atoms with Crippen LogP contribution in [-0.2, 0) is 9.47 Å². The summed E-state index contributed by atoms with van der Waals surface area (Å²) in [5.74, 6) is 1.90. The van der Waals surface area contributed by atoms with E-state index in [1.165, 1.54) is 11.1 Å². The molecule has 7 nitrogen and oxygen atoms in total. The van der Waals surface area contributed by atoms with E-state index in [0.29, 0.717) is 24.2 Å². The summed E-state index contributed by atoms with van der Waals surface area (Å²) in [6.07, 6.45) is 2.92. The van der Waals surface area contributed by atoms with E-state index in [0.717, 1.165) is 44.9 Å². The molecule has 4 fully saturated rings. The quantitative estimate of drug-likeness (QED) is 0.286. The van der Waals surface area contributed by atoms with Crippen molar-refractivity contribution in [2.75, 3.05) is 0 Å². The highest BCUT2D eigenvalue weighted by molar-refractivity contribution is 5.28. The van der Waals surface area contributed by atoms with Gasteiger partial charge in [-0.3, -0.25) is 0 Å². The Morgan fingerprint density at radius 1 is 1.02 bits per heavy atom. The minimum absolute atomic E-state index is 0.0126. The van der Waals surface area contributed by atoms with E-state index in [1.807, 2.05) is 0 Å². The zero-order valence-electron chi connectivity index (χ0n) is 26.1. The van der Waals surface area contributed by atoms with Crippen molar-refractivity contribution in [3.63, 3.8) is 0 Å². The number of fused-ring (bicyclic) bond motifs is 5. The predicted octanol–water partition coefficient (Wildman–Crippen LogP) is 4.35. The van der Waals surface area contributed by atoms with Gasteiger partial charge in [0, 0.05) is 0 Å². The SMILES string of the molecule is C=C(CC[C@@H](C)[C@H]1[C@@H](O)CC2C3C(CC[C@@]21C)[C@@]1(C)CC[C@H](O[C@@H]2O[C@@H](C)[C@@H](O)[C@@H](O)[C@@H]2O)CC1=C[C@@H]3O)C(C)C. The molecular formula is C34H56O7. The molecule has 5 rings (SSSR count). The maximum atomic E-state index is 11.7. The van der Waals surface area contributed by atoms with Gasteiger partial charge >= 0.3 is 0 Å². The standard InChI is InChI=1S/C34H56O7/c1-17(2)18(3)8-9-19(4)28-26(36)16-24-27-23(11-13-34(24,28)7)33(6)12-10-22(14-21(33)15-25(27)35)41-32-31(39)30(38)29(37)20(5)40-32/h15,17,19-20,22-32,35-39H,3,8-14,16H2,1-2,4-7H3/t19-,20+,22+,23?,24?,25+,26+,27?,28+,29-,30-,31+,32+,33+,34+/m1/s1. The minimum atomic E-state index is -1.31. The van der Waals surface area contributed by atoms with Crippen molar-refractivity contribution in [2.24, 2.45) is 46.3 Å². The molecule has 5 aliphatic rings. The fourth-order valence-electron chi connectivity index (χ4n) is 10.0. The average molecular weight is 577 g/mol. The lowest BCUT2D eigenvalue weighted by atomic mass is 9.46. The van der Waals surface area contributed by atoms with E-state index in [-0.39, 0.29) is 40.8 Å². The second kappa shape index (κ2) is 11.6. The fraction of sp³-hybridized carbons (Fsp3) is 0.882. The van der Waals surface area contributed by atoms with Crippen LogP contribution in [-0.4, -0.2) is 74.6 Å². The van der Waals surface area contributed by atoms with Crippen molar-refractivity contribution in [2.45, 2.75) is 142 Å². The number of hydrogen-bond acceptors (Lipinski definition) is 7. The molecule has 0 spiro atoms. The van der Waals surface area contributed by atoms with Crippen molar-refractivity contribution < 1.29 is 35.0 Å². The number of hydrogen-bond donors (Lipinski definition) is 5. The molecule has 4 aliphatic carbocycles. The van der Waals surface area contributed by atoms with Crippen LogP contribution >= 0.6 is 0 Å². The molecule has 5 N–H and O–H groups in total. The van der Waals surface area contributed by atoms with Gasteiger partial charge in [0.25, 0.3) is 0 Å². The van der Waals surface area contributed by atoms with E-state index in [1.54, 1.807) is 6.92 Å². The third-order valence-corrected chi connectivity index (χ3v) is 12.7. The molecule has 0 amide bonds. The Morgan fingerprint density at radius 3 is 2.41 bits per heavy atom. The summed E-state index contributed by atoms with van der Waals surface area (Å²) in [6.45, 7) is 17.4. The van der Waals surface area contributed by atoms with Gasteiger partial charge in [-0.05, 0) is 105 Å². The molecule has 0 aromatic rings. The molecule has 15 atom stereocenters. The molecule has 0 radical (unpaired) electrons. The van der Waals surface area contributed by atoms with Gasteiger partial charge in [-0.25, -0.2) is 0 Å². The van der Waals surface area contributed by atoms with Crippen LogP contribution in [0.2, 0.25) is 0 Å². The first-order valence-corrected chi connectivity index (χ1v) is 16.3. The Hall–Kier alpha value is -0.800. The van der Waals surface area contributed by atoms with Crippen molar-refractivity contribution in [3.05, 3.63) is 23.8 Å². The molecule has 234 valence electrons. The number of rotatable bonds is 7. The second-order valence-corrected chi connectivity index (χ2v) is 15.3. The summed E-state index contributed by atoms with van der Waals surface area (Å²) in [4.78, 5) is 0. The van der Waals surface area contributed by atoms with Gasteiger partial charge in [-0.15, -0.1) is 0 Å². The van der Waals surface area contributed by atoms with Crippen LogP contribution in [0.1, 0.15) is 92.9 Å². The molecule has 1 aliphatic heterocycles. The molecule has 3 unspecified atom stereocenters. The fourth-order valence-corrected chi connectivity index (χ4v) is 10.0. The number of allylic oxidation sites excluding steroid dienone is 1. The molecule has 7 heteroatoms. The summed E-state index contributed by atoms with van der Waals surface area (Å²) in [5, 5.41) is 53.9.